The Kier molecular flexibility index (Phi) is 17.6. The van der Waals surface area contributed by atoms with E-state index in [0.29, 0.717) is 5.02 Å². The Morgan fingerprint density at radius 2 is 1.69 bits per heavy atom. The first-order chi connectivity index (χ1) is 6.29. The van der Waals surface area contributed by atoms with Crippen molar-refractivity contribution in [2.24, 2.45) is 0 Å². The molecule has 0 atom stereocenters. The van der Waals surface area contributed by atoms with E-state index in [9.17, 15) is 5.11 Å². The van der Waals surface area contributed by atoms with Gasteiger partial charge in [0.05, 0.1) is 0 Å². The van der Waals surface area contributed by atoms with Gasteiger partial charge in [-0.25, -0.2) is 0 Å². The van der Waals surface area contributed by atoms with Crippen molar-refractivity contribution in [1.29, 1.82) is 0 Å². The van der Waals surface area contributed by atoms with E-state index < -0.39 is 0 Å². The fourth-order valence-corrected chi connectivity index (χ4v) is 0.901. The molecule has 0 amide bonds. The van der Waals surface area contributed by atoms with Gasteiger partial charge < -0.3 is 29.9 Å². The van der Waals surface area contributed by atoms with E-state index >= 15 is 0 Å². The van der Waals surface area contributed by atoms with Crippen molar-refractivity contribution in [3.8, 4) is 5.75 Å². The van der Waals surface area contributed by atoms with Crippen molar-refractivity contribution in [2.75, 3.05) is 0 Å². The molecule has 0 heterocycles. The molecule has 0 spiro atoms. The largest absolute Gasteiger partial charge is 3.00 e. The molecule has 16 heavy (non-hydrogen) atoms. The fraction of sp³-hybridized carbons (Fsp3) is 0.0909. The second kappa shape index (κ2) is 13.2. The van der Waals surface area contributed by atoms with E-state index in [4.69, 9.17) is 11.6 Å². The average molecular weight is 311 g/mol. The smallest absolute Gasteiger partial charge is 1.00 e. The van der Waals surface area contributed by atoms with E-state index in [2.05, 4.69) is 12.2 Å². The van der Waals surface area contributed by atoms with Gasteiger partial charge in [0, 0.05) is 5.02 Å². The molecule has 1 aromatic carbocycles. The molecule has 1 nitrogen and oxygen atoms in total. The molecule has 0 fully saturated rings. The number of benzene rings is 1. The van der Waals surface area contributed by atoms with E-state index in [1.54, 1.807) is 12.1 Å². The van der Waals surface area contributed by atoms with Gasteiger partial charge in [-0.2, -0.15) is 0 Å². The standard InChI is InChI=1S/C6H5ClO.C5H5.2ClH.Ti/c7-5-1-3-6(8)4-2-5;1-2-4-5-3-1;;;/h1-4,8H;1-3H,4H2;2*1H;/q;;;;+3/p-3. The predicted molar refractivity (Wildman–Crippen MR) is 52.5 cm³/mol. The zero-order valence-corrected chi connectivity index (χ0v) is 12.1. The summed E-state index contributed by atoms with van der Waals surface area (Å²) >= 11 is 5.47. The zero-order chi connectivity index (χ0) is 9.52. The number of hydrogen-bond acceptors (Lipinski definition) is 1. The van der Waals surface area contributed by atoms with Gasteiger partial charge in [-0.1, -0.05) is 42.0 Å². The summed E-state index contributed by atoms with van der Waals surface area (Å²) in [6, 6.07) is 6.01. The van der Waals surface area contributed by atoms with Crippen molar-refractivity contribution >= 4 is 11.6 Å². The molecular formula is C11H9Cl3OTi. The van der Waals surface area contributed by atoms with Crippen molar-refractivity contribution in [1.82, 2.24) is 0 Å². The summed E-state index contributed by atoms with van der Waals surface area (Å²) in [4.78, 5) is 0. The average Bonchev–Trinajstić information content (AvgIpc) is 2.68. The van der Waals surface area contributed by atoms with Crippen LogP contribution in [-0.2, 0) is 21.7 Å². The first kappa shape index (κ1) is 21.4. The Balaban J connectivity index is -0.000000189. The Bertz CT molecular complexity index is 279. The van der Waals surface area contributed by atoms with Crippen LogP contribution < -0.4 is 29.9 Å². The molecule has 0 N–H and O–H groups in total. The molecule has 1 aromatic rings. The molecule has 0 aromatic heterocycles. The Morgan fingerprint density at radius 1 is 1.12 bits per heavy atom. The molecule has 2 radical (unpaired) electrons. The molecule has 0 aliphatic heterocycles. The van der Waals surface area contributed by atoms with Gasteiger partial charge >= 0.3 is 21.7 Å². The summed E-state index contributed by atoms with van der Waals surface area (Å²) < 4.78 is 0. The van der Waals surface area contributed by atoms with Crippen LogP contribution in [0.15, 0.2) is 42.5 Å². The molecule has 0 saturated heterocycles. The van der Waals surface area contributed by atoms with Crippen LogP contribution in [0, 0.1) is 6.08 Å². The van der Waals surface area contributed by atoms with Gasteiger partial charge in [0.1, 0.15) is 0 Å². The predicted octanol–water partition coefficient (Wildman–Crippen LogP) is -3.28. The van der Waals surface area contributed by atoms with Crippen LogP contribution in [0.1, 0.15) is 6.42 Å². The molecule has 0 unspecified atom stereocenters. The fourth-order valence-electron chi connectivity index (χ4n) is 0.775. The van der Waals surface area contributed by atoms with Crippen LogP contribution >= 0.6 is 11.6 Å². The minimum Gasteiger partial charge on any atom is -1.00 e. The van der Waals surface area contributed by atoms with Gasteiger partial charge in [-0.3, -0.25) is 0 Å². The first-order valence-corrected chi connectivity index (χ1v) is 4.31. The molecular weight excluding hydrogens is 302 g/mol. The Labute approximate surface area is 128 Å². The summed E-state index contributed by atoms with van der Waals surface area (Å²) in [6.45, 7) is 0. The number of hydrogen-bond donors (Lipinski definition) is 0. The quantitative estimate of drug-likeness (QED) is 0.461. The minimum absolute atomic E-state index is 0. The molecule has 0 bridgehead atoms. The summed E-state index contributed by atoms with van der Waals surface area (Å²) in [7, 11) is 0. The van der Waals surface area contributed by atoms with Gasteiger partial charge in [0.25, 0.3) is 0 Å². The second-order valence-corrected chi connectivity index (χ2v) is 2.89. The van der Waals surface area contributed by atoms with Crippen molar-refractivity contribution in [2.45, 2.75) is 6.42 Å². The SMILES string of the molecule is [C]1=CC=CC1.[Cl-].[Cl-].[O-]c1ccc(Cl)cc1.[Ti+3]. The van der Waals surface area contributed by atoms with Crippen LogP contribution in [0.3, 0.4) is 0 Å². The molecule has 1 aliphatic carbocycles. The van der Waals surface area contributed by atoms with Gasteiger partial charge in [0.15, 0.2) is 0 Å². The maximum atomic E-state index is 10.4. The third-order valence-electron chi connectivity index (χ3n) is 1.40. The van der Waals surface area contributed by atoms with E-state index in [1.165, 1.54) is 12.1 Å². The maximum absolute atomic E-state index is 10.4. The monoisotopic (exact) mass is 310 g/mol. The summed E-state index contributed by atoms with van der Waals surface area (Å²) in [5, 5.41) is 11.0. The van der Waals surface area contributed by atoms with Crippen molar-refractivity contribution < 1.29 is 51.6 Å². The topological polar surface area (TPSA) is 23.1 Å². The second-order valence-electron chi connectivity index (χ2n) is 2.46. The Morgan fingerprint density at radius 3 is 1.94 bits per heavy atom. The first-order valence-electron chi connectivity index (χ1n) is 3.93. The summed E-state index contributed by atoms with van der Waals surface area (Å²) in [6.07, 6.45) is 10.0. The molecule has 84 valence electrons. The summed E-state index contributed by atoms with van der Waals surface area (Å²) in [5.41, 5.74) is 0. The normalized spacial score (nSPS) is 10.1. The number of rotatable bonds is 0. The number of allylic oxidation sites excluding steroid dienone is 4. The van der Waals surface area contributed by atoms with E-state index in [1.807, 2.05) is 12.2 Å². The van der Waals surface area contributed by atoms with E-state index in [-0.39, 0.29) is 52.3 Å². The Hall–Kier alpha value is 0.0843. The van der Waals surface area contributed by atoms with E-state index in [0.717, 1.165) is 6.42 Å². The van der Waals surface area contributed by atoms with Crippen LogP contribution in [-0.4, -0.2) is 0 Å². The van der Waals surface area contributed by atoms with Crippen LogP contribution in [0.2, 0.25) is 5.02 Å². The van der Waals surface area contributed by atoms with Crippen LogP contribution in [0.25, 0.3) is 0 Å². The van der Waals surface area contributed by atoms with Crippen molar-refractivity contribution in [3.63, 3.8) is 0 Å². The molecule has 5 heteroatoms. The van der Waals surface area contributed by atoms with Gasteiger partial charge in [0.2, 0.25) is 0 Å². The van der Waals surface area contributed by atoms with Crippen LogP contribution in [0.4, 0.5) is 0 Å². The van der Waals surface area contributed by atoms with Crippen LogP contribution in [0.5, 0.6) is 5.75 Å². The third kappa shape index (κ3) is 10.6. The molecule has 0 saturated carbocycles. The zero-order valence-electron chi connectivity index (χ0n) is 8.29. The molecule has 2 rings (SSSR count). The minimum atomic E-state index is -0.00519. The third-order valence-corrected chi connectivity index (χ3v) is 1.65. The summed E-state index contributed by atoms with van der Waals surface area (Å²) in [5.74, 6) is -0.00519. The van der Waals surface area contributed by atoms with Gasteiger partial charge in [-0.05, 0) is 24.6 Å². The molecule has 1 aliphatic rings. The number of halogens is 3. The van der Waals surface area contributed by atoms with Crippen molar-refractivity contribution in [3.05, 3.63) is 53.6 Å². The maximum Gasteiger partial charge on any atom is 3.00 e. The van der Waals surface area contributed by atoms with Gasteiger partial charge in [-0.15, -0.1) is 5.75 Å².